The van der Waals surface area contributed by atoms with Crippen molar-refractivity contribution in [2.45, 2.75) is 87.2 Å². The van der Waals surface area contributed by atoms with Gasteiger partial charge in [-0.15, -0.1) is 0 Å². The van der Waals surface area contributed by atoms with E-state index in [2.05, 4.69) is 46.8 Å². The average Bonchev–Trinajstić information content (AvgIpc) is 2.53. The number of rotatable bonds is 11. The molecule has 1 aromatic rings. The molecular weight excluding hydrogens is 340 g/mol. The van der Waals surface area contributed by atoms with Gasteiger partial charge in [0.25, 0.3) is 0 Å². The van der Waals surface area contributed by atoms with Gasteiger partial charge in [0.2, 0.25) is 0 Å². The monoisotopic (exact) mass is 380 g/mol. The van der Waals surface area contributed by atoms with Crippen LogP contribution in [0.4, 0.5) is 0 Å². The molecule has 0 saturated heterocycles. The Labute approximate surface area is 166 Å². The molecule has 0 fully saturated rings. The van der Waals surface area contributed by atoms with E-state index < -0.39 is 0 Å². The minimum Gasteiger partial charge on any atom is -0.461 e. The van der Waals surface area contributed by atoms with Crippen LogP contribution in [0.5, 0.6) is 11.5 Å². The third-order valence-electron chi connectivity index (χ3n) is 4.51. The molecule has 0 heterocycles. The van der Waals surface area contributed by atoms with Crippen LogP contribution < -0.4 is 9.47 Å². The molecular formula is C23H40O4. The molecule has 27 heavy (non-hydrogen) atoms. The molecule has 4 heteroatoms. The Morgan fingerprint density at radius 3 is 1.78 bits per heavy atom. The van der Waals surface area contributed by atoms with Gasteiger partial charge in [0.05, 0.1) is 0 Å². The van der Waals surface area contributed by atoms with Crippen LogP contribution >= 0.6 is 0 Å². The van der Waals surface area contributed by atoms with Crippen LogP contribution in [-0.4, -0.2) is 25.8 Å². The van der Waals surface area contributed by atoms with Crippen molar-refractivity contribution in [2.75, 3.05) is 13.2 Å². The highest BCUT2D eigenvalue weighted by molar-refractivity contribution is 5.44. The average molecular weight is 381 g/mol. The van der Waals surface area contributed by atoms with E-state index in [1.54, 1.807) is 0 Å². The molecule has 0 radical (unpaired) electrons. The summed E-state index contributed by atoms with van der Waals surface area (Å²) in [6.07, 6.45) is 0.451. The fourth-order valence-corrected chi connectivity index (χ4v) is 3.29. The fraction of sp³-hybridized carbons (Fsp3) is 0.739. The summed E-state index contributed by atoms with van der Waals surface area (Å²) in [6.45, 7) is 20.4. The Kier molecular flexibility index (Phi) is 9.61. The van der Waals surface area contributed by atoms with Gasteiger partial charge in [0.1, 0.15) is 0 Å². The summed E-state index contributed by atoms with van der Waals surface area (Å²) < 4.78 is 23.1. The van der Waals surface area contributed by atoms with Gasteiger partial charge in [-0.1, -0.05) is 40.7 Å². The third kappa shape index (κ3) is 8.10. The maximum Gasteiger partial charge on any atom is 0.197 e. The molecule has 4 nitrogen and oxygen atoms in total. The topological polar surface area (TPSA) is 36.9 Å². The highest BCUT2D eigenvalue weighted by atomic mass is 16.7. The Balaban J connectivity index is 3.23. The molecule has 0 N–H and O–H groups in total. The summed E-state index contributed by atoms with van der Waals surface area (Å²) in [7, 11) is 0. The van der Waals surface area contributed by atoms with Gasteiger partial charge in [-0.3, -0.25) is 0 Å². The van der Waals surface area contributed by atoms with E-state index in [1.807, 2.05) is 33.8 Å². The normalized spacial score (nSPS) is 15.5. The summed E-state index contributed by atoms with van der Waals surface area (Å²) in [5.74, 6) is 2.44. The quantitative estimate of drug-likeness (QED) is 0.417. The molecule has 0 bridgehead atoms. The van der Waals surface area contributed by atoms with Gasteiger partial charge in [-0.25, -0.2) is 0 Å². The first-order valence-electron chi connectivity index (χ1n) is 10.3. The van der Waals surface area contributed by atoms with Crippen molar-refractivity contribution < 1.29 is 18.9 Å². The second kappa shape index (κ2) is 10.9. The van der Waals surface area contributed by atoms with Gasteiger partial charge in [-0.05, 0) is 69.1 Å². The minimum atomic E-state index is -0.340. The molecule has 0 saturated carbocycles. The van der Waals surface area contributed by atoms with Crippen LogP contribution in [0.25, 0.3) is 0 Å². The van der Waals surface area contributed by atoms with Crippen molar-refractivity contribution in [2.24, 2.45) is 11.3 Å². The molecule has 3 unspecified atom stereocenters. The van der Waals surface area contributed by atoms with E-state index in [1.165, 1.54) is 5.56 Å². The summed E-state index contributed by atoms with van der Waals surface area (Å²) in [4.78, 5) is 0. The van der Waals surface area contributed by atoms with Crippen LogP contribution in [0.2, 0.25) is 0 Å². The summed E-state index contributed by atoms with van der Waals surface area (Å²) >= 11 is 0. The van der Waals surface area contributed by atoms with Crippen LogP contribution in [0.3, 0.4) is 0 Å². The lowest BCUT2D eigenvalue weighted by atomic mass is 9.72. The lowest BCUT2D eigenvalue weighted by Gasteiger charge is -2.33. The van der Waals surface area contributed by atoms with E-state index in [4.69, 9.17) is 18.9 Å². The van der Waals surface area contributed by atoms with Crippen molar-refractivity contribution in [3.8, 4) is 11.5 Å². The molecule has 156 valence electrons. The van der Waals surface area contributed by atoms with Crippen LogP contribution in [0.15, 0.2) is 18.2 Å². The number of benzene rings is 1. The summed E-state index contributed by atoms with van der Waals surface area (Å²) in [6, 6.07) is 6.27. The number of hydrogen-bond acceptors (Lipinski definition) is 4. The molecule has 1 aromatic carbocycles. The minimum absolute atomic E-state index is 0.161. The van der Waals surface area contributed by atoms with E-state index in [-0.39, 0.29) is 18.0 Å². The zero-order valence-electron chi connectivity index (χ0n) is 18.8. The molecule has 0 aliphatic heterocycles. The maximum atomic E-state index is 6.07. The largest absolute Gasteiger partial charge is 0.461 e. The predicted molar refractivity (Wildman–Crippen MR) is 112 cm³/mol. The molecule has 0 spiro atoms. The fourth-order valence-electron chi connectivity index (χ4n) is 3.29. The Morgan fingerprint density at radius 1 is 0.815 bits per heavy atom. The zero-order chi connectivity index (χ0) is 20.6. The molecule has 1 rings (SSSR count). The van der Waals surface area contributed by atoms with E-state index >= 15 is 0 Å². The highest BCUT2D eigenvalue weighted by Crippen LogP contribution is 2.42. The summed E-state index contributed by atoms with van der Waals surface area (Å²) in [5, 5.41) is 0. The van der Waals surface area contributed by atoms with E-state index in [0.717, 1.165) is 6.42 Å². The summed E-state index contributed by atoms with van der Waals surface area (Å²) in [5.41, 5.74) is 1.43. The Bertz CT molecular complexity index is 548. The van der Waals surface area contributed by atoms with Gasteiger partial charge in [0, 0.05) is 13.2 Å². The smallest absolute Gasteiger partial charge is 0.197 e. The second-order valence-electron chi connectivity index (χ2n) is 8.54. The van der Waals surface area contributed by atoms with Crippen molar-refractivity contribution in [1.29, 1.82) is 0 Å². The van der Waals surface area contributed by atoms with Crippen molar-refractivity contribution >= 4 is 0 Å². The van der Waals surface area contributed by atoms with Crippen LogP contribution in [0.1, 0.15) is 80.2 Å². The first-order chi connectivity index (χ1) is 12.6. The SMILES string of the molecule is CCOC(C)Oc1ccc(C(CC(C)C)C(C)(C)C)cc1OC(C)OCC. The van der Waals surface area contributed by atoms with E-state index in [9.17, 15) is 0 Å². The molecule has 0 aromatic heterocycles. The van der Waals surface area contributed by atoms with E-state index in [0.29, 0.717) is 36.5 Å². The van der Waals surface area contributed by atoms with Gasteiger partial charge < -0.3 is 18.9 Å². The Hall–Kier alpha value is -1.26. The van der Waals surface area contributed by atoms with Gasteiger partial charge in [-0.2, -0.15) is 0 Å². The molecule has 0 amide bonds. The van der Waals surface area contributed by atoms with Gasteiger partial charge >= 0.3 is 0 Å². The molecule has 0 aliphatic carbocycles. The first-order valence-corrected chi connectivity index (χ1v) is 10.3. The number of ether oxygens (including phenoxy) is 4. The van der Waals surface area contributed by atoms with Crippen LogP contribution in [-0.2, 0) is 9.47 Å². The zero-order valence-corrected chi connectivity index (χ0v) is 18.8. The lowest BCUT2D eigenvalue weighted by molar-refractivity contribution is -0.0766. The Morgan fingerprint density at radius 2 is 1.33 bits per heavy atom. The lowest BCUT2D eigenvalue weighted by Crippen LogP contribution is -2.22. The van der Waals surface area contributed by atoms with Gasteiger partial charge in [0.15, 0.2) is 24.1 Å². The molecule has 0 aliphatic rings. The maximum absolute atomic E-state index is 6.07. The van der Waals surface area contributed by atoms with Crippen molar-refractivity contribution in [1.82, 2.24) is 0 Å². The van der Waals surface area contributed by atoms with Crippen LogP contribution in [0, 0.1) is 11.3 Å². The number of hydrogen-bond donors (Lipinski definition) is 0. The van der Waals surface area contributed by atoms with Crippen molar-refractivity contribution in [3.63, 3.8) is 0 Å². The third-order valence-corrected chi connectivity index (χ3v) is 4.51. The first kappa shape index (κ1) is 23.8. The predicted octanol–water partition coefficient (Wildman–Crippen LogP) is 6.39. The standard InChI is InChI=1S/C23H40O4/c1-10-24-17(5)26-21-13-12-19(15-22(21)27-18(6)25-11-2)20(14-16(3)4)23(7,8)9/h12-13,15-18,20H,10-11,14H2,1-9H3. The second-order valence-corrected chi connectivity index (χ2v) is 8.54. The highest BCUT2D eigenvalue weighted by Gasteiger charge is 2.28. The molecule has 3 atom stereocenters. The van der Waals surface area contributed by atoms with Crippen molar-refractivity contribution in [3.05, 3.63) is 23.8 Å².